The molecule has 3 aromatic carbocycles. The molecule has 1 aromatic heterocycles. The third-order valence-corrected chi connectivity index (χ3v) is 9.44. The molecule has 9 nitrogen and oxygen atoms in total. The highest BCUT2D eigenvalue weighted by atomic mass is 32.2. The van der Waals surface area contributed by atoms with Gasteiger partial charge in [-0.2, -0.15) is 4.72 Å². The summed E-state index contributed by atoms with van der Waals surface area (Å²) in [7, 11) is -2.72. The number of hydrogen-bond acceptors (Lipinski definition) is 9. The first-order valence-electron chi connectivity index (χ1n) is 12.1. The average molecular weight is 601 g/mol. The van der Waals surface area contributed by atoms with E-state index in [9.17, 15) is 23.4 Å². The van der Waals surface area contributed by atoms with E-state index in [1.165, 1.54) is 35.2 Å². The second-order valence-corrected chi connectivity index (χ2v) is 12.5. The lowest BCUT2D eigenvalue weighted by Crippen LogP contribution is -2.54. The molecule has 210 valence electrons. The van der Waals surface area contributed by atoms with Crippen LogP contribution in [0.15, 0.2) is 99.7 Å². The topological polar surface area (TPSA) is 135 Å². The van der Waals surface area contributed by atoms with E-state index in [1.807, 2.05) is 18.2 Å². The molecule has 1 heterocycles. The van der Waals surface area contributed by atoms with Crippen LogP contribution < -0.4 is 9.46 Å². The second kappa shape index (κ2) is 13.9. The number of carboxylic acids is 1. The highest BCUT2D eigenvalue weighted by Gasteiger charge is 2.38. The summed E-state index contributed by atoms with van der Waals surface area (Å²) in [5.41, 5.74) is 2.37. The van der Waals surface area contributed by atoms with E-state index in [0.29, 0.717) is 10.1 Å². The van der Waals surface area contributed by atoms with Gasteiger partial charge in [0.25, 0.3) is 0 Å². The Labute approximate surface area is 240 Å². The summed E-state index contributed by atoms with van der Waals surface area (Å²) in [6, 6.07) is 20.6. The normalized spacial score (nSPS) is 13.8. The molecule has 0 fully saturated rings. The van der Waals surface area contributed by atoms with Gasteiger partial charge in [-0.3, -0.25) is 4.79 Å². The van der Waals surface area contributed by atoms with Gasteiger partial charge in [-0.05, 0) is 41.0 Å². The number of nitrogens with one attached hydrogen (secondary N) is 1. The Hall–Kier alpha value is -3.26. The van der Waals surface area contributed by atoms with Crippen molar-refractivity contribution in [3.63, 3.8) is 0 Å². The minimum Gasteiger partial charge on any atom is -0.497 e. The molecule has 0 aliphatic heterocycles. The predicted octanol–water partition coefficient (Wildman–Crippen LogP) is 4.29. The molecule has 0 saturated heterocycles. The van der Waals surface area contributed by atoms with Gasteiger partial charge < -0.3 is 19.7 Å². The number of sulfonamides is 1. The molecule has 4 rings (SSSR count). The van der Waals surface area contributed by atoms with E-state index in [4.69, 9.17) is 9.47 Å². The largest absolute Gasteiger partial charge is 0.497 e. The van der Waals surface area contributed by atoms with E-state index in [-0.39, 0.29) is 17.3 Å². The zero-order chi connectivity index (χ0) is 28.5. The maximum atomic E-state index is 13.3. The molecule has 0 radical (unpaired) electrons. The van der Waals surface area contributed by atoms with Crippen molar-refractivity contribution in [2.45, 2.75) is 34.1 Å². The van der Waals surface area contributed by atoms with Crippen LogP contribution in [0, 0.1) is 0 Å². The van der Waals surface area contributed by atoms with Crippen molar-refractivity contribution in [1.82, 2.24) is 9.71 Å². The number of aliphatic hydroxyl groups excluding tert-OH is 1. The first-order valence-corrected chi connectivity index (χ1v) is 15.5. The zero-order valence-corrected chi connectivity index (χ0v) is 23.9. The molecule has 3 N–H and O–H groups in total. The van der Waals surface area contributed by atoms with Crippen LogP contribution in [-0.2, 0) is 26.2 Å². The second-order valence-electron chi connectivity index (χ2n) is 8.63. The van der Waals surface area contributed by atoms with E-state index in [2.05, 4.69) is 9.71 Å². The molecule has 40 heavy (non-hydrogen) atoms. The summed E-state index contributed by atoms with van der Waals surface area (Å²) in [5.74, 6) is -0.729. The molecule has 0 amide bonds. The van der Waals surface area contributed by atoms with Gasteiger partial charge in [0.15, 0.2) is 0 Å². The van der Waals surface area contributed by atoms with Crippen LogP contribution in [-0.4, -0.2) is 60.7 Å². The van der Waals surface area contributed by atoms with Crippen LogP contribution in [0.2, 0.25) is 0 Å². The number of thiazole rings is 1. The van der Waals surface area contributed by atoms with Gasteiger partial charge in [-0.25, -0.2) is 13.4 Å². The van der Waals surface area contributed by atoms with Crippen LogP contribution in [0.1, 0.15) is 5.56 Å². The molecule has 4 aromatic rings. The van der Waals surface area contributed by atoms with Crippen LogP contribution in [0.4, 0.5) is 0 Å². The summed E-state index contributed by atoms with van der Waals surface area (Å²) in [6.07, 6.45) is -1.09. The SMILES string of the molecule is COc1ccc(-c2ccc(S(=O)(=O)NC(C(=O)O)C(OCc3ccccc3)C(O)CSc3nccs3)cc2)cc1. The maximum Gasteiger partial charge on any atom is 0.324 e. The fourth-order valence-corrected chi connectivity index (χ4v) is 6.67. The lowest BCUT2D eigenvalue weighted by atomic mass is 10.1. The van der Waals surface area contributed by atoms with Crippen LogP contribution in [0.25, 0.3) is 11.1 Å². The molecule has 3 unspecified atom stereocenters. The van der Waals surface area contributed by atoms with Gasteiger partial charge in [0.05, 0.1) is 24.7 Å². The predicted molar refractivity (Wildman–Crippen MR) is 154 cm³/mol. The van der Waals surface area contributed by atoms with Crippen molar-refractivity contribution in [2.75, 3.05) is 12.9 Å². The van der Waals surface area contributed by atoms with Crippen molar-refractivity contribution in [2.24, 2.45) is 0 Å². The molecule has 3 atom stereocenters. The number of aliphatic carboxylic acids is 1. The summed E-state index contributed by atoms with van der Waals surface area (Å²) in [4.78, 5) is 16.4. The molecule has 0 saturated carbocycles. The Morgan fingerprint density at radius 2 is 1.68 bits per heavy atom. The molecule has 0 spiro atoms. The number of aromatic nitrogens is 1. The molecule has 0 aliphatic carbocycles. The number of nitrogens with zero attached hydrogens (tertiary/aromatic N) is 1. The number of carboxylic acid groups (broad SMARTS) is 1. The number of carbonyl (C=O) groups is 1. The first kappa shape index (κ1) is 29.7. The first-order chi connectivity index (χ1) is 19.3. The number of rotatable bonds is 14. The summed E-state index contributed by atoms with van der Waals surface area (Å²) < 4.78 is 40.5. The Balaban J connectivity index is 1.54. The maximum absolute atomic E-state index is 13.3. The van der Waals surface area contributed by atoms with Crippen molar-refractivity contribution in [1.29, 1.82) is 0 Å². The summed E-state index contributed by atoms with van der Waals surface area (Å²) >= 11 is 2.61. The number of aliphatic hydroxyl groups is 1. The number of benzene rings is 3. The van der Waals surface area contributed by atoms with Crippen LogP contribution in [0.5, 0.6) is 5.75 Å². The van der Waals surface area contributed by atoms with Gasteiger partial charge in [-0.1, -0.05) is 66.4 Å². The standard InChI is InChI=1S/C28H28N2O7S3/c1-36-22-11-7-20(8-12-22)21-9-13-23(14-10-21)40(34,35)30-25(27(32)33)26(37-17-19-5-3-2-4-6-19)24(31)18-39-28-29-15-16-38-28/h2-16,24-26,30-31H,17-18H2,1H3,(H,32,33). The minimum atomic E-state index is -4.29. The lowest BCUT2D eigenvalue weighted by molar-refractivity contribution is -0.147. The van der Waals surface area contributed by atoms with Crippen molar-refractivity contribution in [3.8, 4) is 16.9 Å². The molecular formula is C28H28N2O7S3. The highest BCUT2D eigenvalue weighted by Crippen LogP contribution is 2.26. The van der Waals surface area contributed by atoms with Gasteiger partial charge >= 0.3 is 5.97 Å². The van der Waals surface area contributed by atoms with Crippen LogP contribution >= 0.6 is 23.1 Å². The smallest absolute Gasteiger partial charge is 0.324 e. The van der Waals surface area contributed by atoms with Crippen molar-refractivity contribution < 1.29 is 32.9 Å². The van der Waals surface area contributed by atoms with E-state index >= 15 is 0 Å². The number of hydrogen-bond donors (Lipinski definition) is 3. The zero-order valence-electron chi connectivity index (χ0n) is 21.4. The molecular weight excluding hydrogens is 573 g/mol. The fourth-order valence-electron chi connectivity index (χ4n) is 3.83. The number of thioether (sulfide) groups is 1. The fraction of sp³-hybridized carbons (Fsp3) is 0.214. The quantitative estimate of drug-likeness (QED) is 0.181. The van der Waals surface area contributed by atoms with Gasteiger partial charge in [-0.15, -0.1) is 11.3 Å². The Morgan fingerprint density at radius 1 is 1.02 bits per heavy atom. The third-order valence-electron chi connectivity index (χ3n) is 5.92. The minimum absolute atomic E-state index is 0.0213. The Kier molecular flexibility index (Phi) is 10.3. The van der Waals surface area contributed by atoms with Crippen molar-refractivity contribution in [3.05, 3.63) is 96.0 Å². The Bertz CT molecular complexity index is 1460. The molecule has 0 bridgehead atoms. The monoisotopic (exact) mass is 600 g/mol. The van der Waals surface area contributed by atoms with Crippen LogP contribution in [0.3, 0.4) is 0 Å². The number of methoxy groups -OCH3 is 1. The van der Waals surface area contributed by atoms with Gasteiger partial charge in [0.2, 0.25) is 10.0 Å². The third kappa shape index (κ3) is 7.90. The average Bonchev–Trinajstić information content (AvgIpc) is 3.50. The van der Waals surface area contributed by atoms with E-state index < -0.39 is 34.2 Å². The number of ether oxygens (including phenoxy) is 2. The van der Waals surface area contributed by atoms with E-state index in [0.717, 1.165) is 16.7 Å². The van der Waals surface area contributed by atoms with Gasteiger partial charge in [0, 0.05) is 17.3 Å². The summed E-state index contributed by atoms with van der Waals surface area (Å²) in [6.45, 7) is -0.0213. The highest BCUT2D eigenvalue weighted by molar-refractivity contribution is 8.01. The Morgan fingerprint density at radius 3 is 2.25 bits per heavy atom. The van der Waals surface area contributed by atoms with E-state index in [1.54, 1.807) is 67.2 Å². The molecule has 12 heteroatoms. The van der Waals surface area contributed by atoms with Gasteiger partial charge in [0.1, 0.15) is 22.2 Å². The lowest BCUT2D eigenvalue weighted by Gasteiger charge is -2.29. The summed E-state index contributed by atoms with van der Waals surface area (Å²) in [5, 5.41) is 22.8. The molecule has 0 aliphatic rings. The van der Waals surface area contributed by atoms with Crippen molar-refractivity contribution >= 4 is 39.1 Å².